The third-order valence-corrected chi connectivity index (χ3v) is 1.42. The standard InChI is InChI=1S/C8H6ClN/c1-3-7-4-5-8(9)10-6(7)2/h1,4-5H,2H3. The number of hydrogen-bond acceptors (Lipinski definition) is 1. The number of terminal acetylenes is 1. The van der Waals surface area contributed by atoms with Crippen molar-refractivity contribution in [2.45, 2.75) is 6.92 Å². The van der Waals surface area contributed by atoms with Crippen molar-refractivity contribution in [3.63, 3.8) is 0 Å². The van der Waals surface area contributed by atoms with Crippen LogP contribution in [0.2, 0.25) is 5.15 Å². The fourth-order valence-corrected chi connectivity index (χ4v) is 0.873. The number of aromatic nitrogens is 1. The second-order valence-corrected chi connectivity index (χ2v) is 2.30. The van der Waals surface area contributed by atoms with Crippen molar-refractivity contribution in [2.24, 2.45) is 0 Å². The number of hydrogen-bond donors (Lipinski definition) is 0. The summed E-state index contributed by atoms with van der Waals surface area (Å²) in [4.78, 5) is 3.97. The van der Waals surface area contributed by atoms with Crippen molar-refractivity contribution < 1.29 is 0 Å². The summed E-state index contributed by atoms with van der Waals surface area (Å²) in [6, 6.07) is 3.47. The average molecular weight is 152 g/mol. The van der Waals surface area contributed by atoms with Crippen molar-refractivity contribution in [1.29, 1.82) is 0 Å². The molecule has 0 fully saturated rings. The van der Waals surface area contributed by atoms with Crippen LogP contribution >= 0.6 is 11.6 Å². The summed E-state index contributed by atoms with van der Waals surface area (Å²) < 4.78 is 0. The van der Waals surface area contributed by atoms with Gasteiger partial charge in [-0.15, -0.1) is 6.42 Å². The van der Waals surface area contributed by atoms with Gasteiger partial charge in [-0.1, -0.05) is 17.5 Å². The summed E-state index contributed by atoms with van der Waals surface area (Å²) in [5.74, 6) is 2.50. The summed E-state index contributed by atoms with van der Waals surface area (Å²) in [6.07, 6.45) is 5.17. The summed E-state index contributed by atoms with van der Waals surface area (Å²) >= 11 is 5.59. The molecule has 0 aliphatic carbocycles. The highest BCUT2D eigenvalue weighted by Gasteiger charge is 1.94. The third-order valence-electron chi connectivity index (χ3n) is 1.21. The predicted octanol–water partition coefficient (Wildman–Crippen LogP) is 2.02. The second-order valence-electron chi connectivity index (χ2n) is 1.91. The monoisotopic (exact) mass is 151 g/mol. The molecule has 0 bridgehead atoms. The molecule has 0 saturated carbocycles. The number of nitrogens with zero attached hydrogens (tertiary/aromatic N) is 1. The summed E-state index contributed by atoms with van der Waals surface area (Å²) in [5.41, 5.74) is 1.60. The van der Waals surface area contributed by atoms with E-state index in [1.54, 1.807) is 12.1 Å². The van der Waals surface area contributed by atoms with Gasteiger partial charge in [-0.25, -0.2) is 4.98 Å². The fraction of sp³-hybridized carbons (Fsp3) is 0.125. The van der Waals surface area contributed by atoms with Crippen LogP contribution in [0.5, 0.6) is 0 Å². The maximum absolute atomic E-state index is 5.59. The molecule has 0 spiro atoms. The van der Waals surface area contributed by atoms with Crippen LogP contribution in [0.3, 0.4) is 0 Å². The van der Waals surface area contributed by atoms with Gasteiger partial charge in [0.15, 0.2) is 0 Å². The lowest BCUT2D eigenvalue weighted by Gasteiger charge is -1.95. The summed E-state index contributed by atoms with van der Waals surface area (Å²) in [5, 5.41) is 0.483. The molecule has 1 rings (SSSR count). The van der Waals surface area contributed by atoms with Crippen LogP contribution in [0, 0.1) is 19.3 Å². The third kappa shape index (κ3) is 1.29. The van der Waals surface area contributed by atoms with Gasteiger partial charge in [-0.05, 0) is 19.1 Å². The van der Waals surface area contributed by atoms with Crippen molar-refractivity contribution in [3.05, 3.63) is 28.5 Å². The van der Waals surface area contributed by atoms with Gasteiger partial charge in [-0.3, -0.25) is 0 Å². The van der Waals surface area contributed by atoms with Crippen LogP contribution in [0.4, 0.5) is 0 Å². The number of halogens is 1. The molecular weight excluding hydrogens is 146 g/mol. The Kier molecular flexibility index (Phi) is 1.94. The van der Waals surface area contributed by atoms with Gasteiger partial charge in [0, 0.05) is 5.56 Å². The highest BCUT2D eigenvalue weighted by Crippen LogP contribution is 2.08. The second kappa shape index (κ2) is 2.72. The first-order valence-electron chi connectivity index (χ1n) is 2.84. The van der Waals surface area contributed by atoms with Crippen LogP contribution in [0.25, 0.3) is 0 Å². The lowest BCUT2D eigenvalue weighted by Crippen LogP contribution is -1.86. The zero-order valence-corrected chi connectivity index (χ0v) is 6.31. The Bertz CT molecular complexity index is 286. The molecule has 0 unspecified atom stereocenters. The minimum atomic E-state index is 0.483. The number of aryl methyl sites for hydroxylation is 1. The van der Waals surface area contributed by atoms with Gasteiger partial charge < -0.3 is 0 Å². The van der Waals surface area contributed by atoms with E-state index in [2.05, 4.69) is 10.9 Å². The van der Waals surface area contributed by atoms with E-state index in [9.17, 15) is 0 Å². The zero-order valence-electron chi connectivity index (χ0n) is 5.56. The maximum atomic E-state index is 5.59. The fourth-order valence-electron chi connectivity index (χ4n) is 0.683. The van der Waals surface area contributed by atoms with Crippen molar-refractivity contribution in [2.75, 3.05) is 0 Å². The van der Waals surface area contributed by atoms with Crippen molar-refractivity contribution >= 4 is 11.6 Å². The minimum Gasteiger partial charge on any atom is -0.240 e. The highest BCUT2D eigenvalue weighted by atomic mass is 35.5. The number of rotatable bonds is 0. The van der Waals surface area contributed by atoms with E-state index in [0.717, 1.165) is 11.3 Å². The molecule has 50 valence electrons. The van der Waals surface area contributed by atoms with E-state index >= 15 is 0 Å². The molecule has 0 radical (unpaired) electrons. The van der Waals surface area contributed by atoms with Crippen molar-refractivity contribution in [3.8, 4) is 12.3 Å². The molecule has 0 aliphatic heterocycles. The van der Waals surface area contributed by atoms with Gasteiger partial charge in [0.25, 0.3) is 0 Å². The van der Waals surface area contributed by atoms with Crippen LogP contribution in [0.15, 0.2) is 12.1 Å². The highest BCUT2D eigenvalue weighted by molar-refractivity contribution is 6.29. The Labute approximate surface area is 65.0 Å². The van der Waals surface area contributed by atoms with Gasteiger partial charge in [0.2, 0.25) is 0 Å². The first kappa shape index (κ1) is 7.11. The molecule has 0 atom stereocenters. The zero-order chi connectivity index (χ0) is 7.56. The van der Waals surface area contributed by atoms with Gasteiger partial charge in [-0.2, -0.15) is 0 Å². The molecule has 1 heterocycles. The smallest absolute Gasteiger partial charge is 0.129 e. The molecule has 0 aromatic carbocycles. The number of pyridine rings is 1. The Morgan fingerprint density at radius 1 is 1.60 bits per heavy atom. The Morgan fingerprint density at radius 2 is 2.30 bits per heavy atom. The summed E-state index contributed by atoms with van der Waals surface area (Å²) in [7, 11) is 0. The lowest BCUT2D eigenvalue weighted by atomic mass is 10.2. The van der Waals surface area contributed by atoms with Crippen molar-refractivity contribution in [1.82, 2.24) is 4.98 Å². The Morgan fingerprint density at radius 3 is 2.80 bits per heavy atom. The van der Waals surface area contributed by atoms with E-state index < -0.39 is 0 Å². The van der Waals surface area contributed by atoms with Gasteiger partial charge >= 0.3 is 0 Å². The largest absolute Gasteiger partial charge is 0.240 e. The first-order valence-corrected chi connectivity index (χ1v) is 3.21. The van der Waals surface area contributed by atoms with E-state index in [4.69, 9.17) is 18.0 Å². The van der Waals surface area contributed by atoms with E-state index in [1.807, 2.05) is 6.92 Å². The molecule has 1 aromatic rings. The normalized spacial score (nSPS) is 8.90. The van der Waals surface area contributed by atoms with E-state index in [-0.39, 0.29) is 0 Å². The van der Waals surface area contributed by atoms with Gasteiger partial charge in [0.1, 0.15) is 5.15 Å². The quantitative estimate of drug-likeness (QED) is 0.409. The molecule has 1 aromatic heterocycles. The predicted molar refractivity (Wildman–Crippen MR) is 41.9 cm³/mol. The Hall–Kier alpha value is -1.00. The Balaban J connectivity index is 3.23. The SMILES string of the molecule is C#Cc1ccc(Cl)nc1C. The van der Waals surface area contributed by atoms with Crippen LogP contribution in [-0.4, -0.2) is 4.98 Å². The van der Waals surface area contributed by atoms with Gasteiger partial charge in [0.05, 0.1) is 5.69 Å². The molecule has 0 N–H and O–H groups in total. The molecule has 0 saturated heterocycles. The van der Waals surface area contributed by atoms with Crippen LogP contribution in [-0.2, 0) is 0 Å². The molecule has 10 heavy (non-hydrogen) atoms. The molecule has 2 heteroatoms. The van der Waals surface area contributed by atoms with Crippen LogP contribution < -0.4 is 0 Å². The topological polar surface area (TPSA) is 12.9 Å². The first-order chi connectivity index (χ1) is 4.74. The average Bonchev–Trinajstić information content (AvgIpc) is 1.88. The molecular formula is C8H6ClN. The minimum absolute atomic E-state index is 0.483. The molecule has 1 nitrogen and oxygen atoms in total. The summed E-state index contributed by atoms with van der Waals surface area (Å²) in [6.45, 7) is 1.83. The van der Waals surface area contributed by atoms with E-state index in [1.165, 1.54) is 0 Å². The molecule has 0 aliphatic rings. The molecule has 0 amide bonds. The van der Waals surface area contributed by atoms with Crippen LogP contribution in [0.1, 0.15) is 11.3 Å². The van der Waals surface area contributed by atoms with E-state index in [0.29, 0.717) is 5.15 Å². The maximum Gasteiger partial charge on any atom is 0.129 e. The lowest BCUT2D eigenvalue weighted by molar-refractivity contribution is 1.19.